The second-order valence-corrected chi connectivity index (χ2v) is 9.68. The summed E-state index contributed by atoms with van der Waals surface area (Å²) in [6, 6.07) is 8.74. The summed E-state index contributed by atoms with van der Waals surface area (Å²) in [4.78, 5) is 12.1. The van der Waals surface area contributed by atoms with Crippen molar-refractivity contribution in [1.29, 1.82) is 0 Å². The first-order chi connectivity index (χ1) is 16.2. The van der Waals surface area contributed by atoms with Gasteiger partial charge in [0.1, 0.15) is 12.1 Å². The highest BCUT2D eigenvalue weighted by atomic mass is 16.5. The number of likely N-dealkylation sites (N-methyl/N-ethyl adjacent to an activating group) is 1. The molecule has 1 N–H and O–H groups in total. The Morgan fingerprint density at radius 3 is 2.48 bits per heavy atom. The molecule has 3 aliphatic rings. The number of aromatic nitrogens is 3. The third-order valence-electron chi connectivity index (χ3n) is 7.62. The van der Waals surface area contributed by atoms with Crippen molar-refractivity contribution in [3.05, 3.63) is 47.7 Å². The first-order valence-corrected chi connectivity index (χ1v) is 12.2. The molecule has 3 aliphatic heterocycles. The van der Waals surface area contributed by atoms with Crippen LogP contribution in [0.4, 0.5) is 0 Å². The van der Waals surface area contributed by atoms with Crippen LogP contribution in [0.25, 0.3) is 22.0 Å². The number of pyridine rings is 1. The maximum atomic E-state index is 10.6. The van der Waals surface area contributed by atoms with Crippen molar-refractivity contribution >= 4 is 10.8 Å². The summed E-state index contributed by atoms with van der Waals surface area (Å²) in [6.45, 7) is 4.42. The summed E-state index contributed by atoms with van der Waals surface area (Å²) in [5, 5.41) is 12.9. The largest absolute Gasteiger partial charge is 0.381 e. The minimum absolute atomic E-state index is 0.370. The minimum Gasteiger partial charge on any atom is -0.381 e. The van der Waals surface area contributed by atoms with Crippen LogP contribution in [0.15, 0.2) is 30.5 Å². The highest BCUT2D eigenvalue weighted by molar-refractivity contribution is 5.96. The van der Waals surface area contributed by atoms with Gasteiger partial charge < -0.3 is 19.1 Å². The lowest BCUT2D eigenvalue weighted by Gasteiger charge is -2.32. The van der Waals surface area contributed by atoms with Gasteiger partial charge in [0, 0.05) is 67.6 Å². The first kappa shape index (κ1) is 21.2. The molecule has 0 radical (unpaired) electrons. The zero-order valence-electron chi connectivity index (χ0n) is 19.2. The van der Waals surface area contributed by atoms with Gasteiger partial charge in [-0.25, -0.2) is 4.98 Å². The quantitative estimate of drug-likeness (QED) is 0.660. The molecular weight excluding hydrogens is 416 g/mol. The lowest BCUT2D eigenvalue weighted by molar-refractivity contribution is -0.0144. The zero-order chi connectivity index (χ0) is 22.4. The Morgan fingerprint density at radius 1 is 1.00 bits per heavy atom. The molecule has 1 unspecified atom stereocenters. The maximum absolute atomic E-state index is 10.6. The fourth-order valence-corrected chi connectivity index (χ4v) is 5.61. The van der Waals surface area contributed by atoms with E-state index in [2.05, 4.69) is 28.8 Å². The number of benzene rings is 1. The van der Waals surface area contributed by atoms with E-state index >= 15 is 0 Å². The molecule has 0 bridgehead atoms. The van der Waals surface area contributed by atoms with Crippen LogP contribution >= 0.6 is 0 Å². The van der Waals surface area contributed by atoms with Gasteiger partial charge in [-0.3, -0.25) is 9.88 Å². The lowest BCUT2D eigenvalue weighted by atomic mass is 9.94. The van der Waals surface area contributed by atoms with Crippen molar-refractivity contribution in [3.63, 3.8) is 0 Å². The Bertz CT molecular complexity index is 1150. The highest BCUT2D eigenvalue weighted by Gasteiger charge is 2.32. The average molecular weight is 449 g/mol. The van der Waals surface area contributed by atoms with E-state index in [0.29, 0.717) is 24.9 Å². The number of rotatable bonds is 3. The molecule has 7 heteroatoms. The number of hydrogen-bond acceptors (Lipinski definition) is 6. The maximum Gasteiger partial charge on any atom is 0.125 e. The fraction of sp³-hybridized carbons (Fsp3) is 0.538. The lowest BCUT2D eigenvalue weighted by Crippen LogP contribution is -2.41. The molecule has 174 valence electrons. The van der Waals surface area contributed by atoms with E-state index in [4.69, 9.17) is 19.4 Å². The van der Waals surface area contributed by atoms with Crippen LogP contribution in [-0.4, -0.2) is 64.2 Å². The van der Waals surface area contributed by atoms with Crippen molar-refractivity contribution in [2.45, 2.75) is 56.8 Å². The zero-order valence-corrected chi connectivity index (χ0v) is 19.2. The van der Waals surface area contributed by atoms with Crippen molar-refractivity contribution < 1.29 is 14.6 Å². The summed E-state index contributed by atoms with van der Waals surface area (Å²) in [6.07, 6.45) is 5.58. The molecule has 7 nitrogen and oxygen atoms in total. The van der Waals surface area contributed by atoms with Gasteiger partial charge in [-0.05, 0) is 44.2 Å². The van der Waals surface area contributed by atoms with Crippen LogP contribution < -0.4 is 0 Å². The molecule has 2 aromatic heterocycles. The van der Waals surface area contributed by atoms with Crippen LogP contribution in [0.5, 0.6) is 0 Å². The van der Waals surface area contributed by atoms with E-state index in [0.717, 1.165) is 74.6 Å². The van der Waals surface area contributed by atoms with Gasteiger partial charge in [0.2, 0.25) is 0 Å². The summed E-state index contributed by atoms with van der Waals surface area (Å²) in [5.74, 6) is 1.94. The second-order valence-electron chi connectivity index (χ2n) is 9.68. The number of aliphatic hydroxyl groups excluding tert-OH is 1. The topological polar surface area (TPSA) is 72.6 Å². The Morgan fingerprint density at radius 2 is 1.73 bits per heavy atom. The fourth-order valence-electron chi connectivity index (χ4n) is 5.61. The van der Waals surface area contributed by atoms with E-state index in [-0.39, 0.29) is 0 Å². The molecule has 6 rings (SSSR count). The summed E-state index contributed by atoms with van der Waals surface area (Å²) in [7, 11) is 1.98. The Balaban J connectivity index is 1.45. The smallest absolute Gasteiger partial charge is 0.125 e. The highest BCUT2D eigenvalue weighted by Crippen LogP contribution is 2.38. The molecule has 3 aromatic rings. The van der Waals surface area contributed by atoms with Crippen molar-refractivity contribution in [1.82, 2.24) is 19.4 Å². The van der Waals surface area contributed by atoms with E-state index in [9.17, 15) is 5.11 Å². The van der Waals surface area contributed by atoms with E-state index < -0.39 is 6.23 Å². The third kappa shape index (κ3) is 3.87. The second kappa shape index (κ2) is 8.80. The third-order valence-corrected chi connectivity index (χ3v) is 7.62. The summed E-state index contributed by atoms with van der Waals surface area (Å²) < 4.78 is 13.4. The Hall–Kier alpha value is -2.32. The number of ether oxygens (including phenoxy) is 2. The Kier molecular flexibility index (Phi) is 5.66. The molecule has 0 spiro atoms. The summed E-state index contributed by atoms with van der Waals surface area (Å²) in [5.41, 5.74) is 4.51. The van der Waals surface area contributed by atoms with E-state index in [1.807, 2.05) is 18.1 Å². The van der Waals surface area contributed by atoms with Gasteiger partial charge in [-0.15, -0.1) is 0 Å². The molecule has 2 fully saturated rings. The van der Waals surface area contributed by atoms with Gasteiger partial charge in [-0.1, -0.05) is 18.2 Å². The van der Waals surface area contributed by atoms with Gasteiger partial charge >= 0.3 is 0 Å². The van der Waals surface area contributed by atoms with Crippen LogP contribution in [0.1, 0.15) is 54.7 Å². The van der Waals surface area contributed by atoms with E-state index in [1.54, 1.807) is 0 Å². The van der Waals surface area contributed by atoms with Crippen molar-refractivity contribution in [2.75, 3.05) is 33.5 Å². The Labute approximate surface area is 194 Å². The van der Waals surface area contributed by atoms with Crippen molar-refractivity contribution in [2.24, 2.45) is 0 Å². The van der Waals surface area contributed by atoms with Gasteiger partial charge in [-0.2, -0.15) is 0 Å². The predicted octanol–water partition coefficient (Wildman–Crippen LogP) is 3.65. The van der Waals surface area contributed by atoms with Crippen LogP contribution in [-0.2, 0) is 22.6 Å². The molecule has 0 amide bonds. The predicted molar refractivity (Wildman–Crippen MR) is 126 cm³/mol. The molecule has 1 aromatic carbocycles. The number of fused-ring (bicyclic) bond motifs is 2. The molecule has 0 aliphatic carbocycles. The van der Waals surface area contributed by atoms with Crippen LogP contribution in [0.3, 0.4) is 0 Å². The SMILES string of the molecule is CN1Cc2c(-c3cccc4cc(C5CCOCC5)ncc34)nc(C3CCOCC3)n2CC1O. The van der Waals surface area contributed by atoms with Crippen LogP contribution in [0.2, 0.25) is 0 Å². The molecule has 2 saturated heterocycles. The number of hydrogen-bond donors (Lipinski definition) is 1. The van der Waals surface area contributed by atoms with Crippen molar-refractivity contribution in [3.8, 4) is 11.3 Å². The molecule has 5 heterocycles. The molecule has 1 atom stereocenters. The van der Waals surface area contributed by atoms with Gasteiger partial charge in [0.25, 0.3) is 0 Å². The number of nitrogens with zero attached hydrogens (tertiary/aromatic N) is 4. The monoisotopic (exact) mass is 448 g/mol. The van der Waals surface area contributed by atoms with Crippen LogP contribution in [0, 0.1) is 0 Å². The first-order valence-electron chi connectivity index (χ1n) is 12.2. The van der Waals surface area contributed by atoms with E-state index in [1.165, 1.54) is 16.8 Å². The average Bonchev–Trinajstić information content (AvgIpc) is 3.22. The molecule has 0 saturated carbocycles. The minimum atomic E-state index is -0.491. The number of imidazole rings is 1. The van der Waals surface area contributed by atoms with Gasteiger partial charge in [0.15, 0.2) is 0 Å². The number of aliphatic hydroxyl groups is 1. The van der Waals surface area contributed by atoms with Gasteiger partial charge in [0.05, 0.1) is 17.9 Å². The molecular formula is C26H32N4O3. The molecule has 33 heavy (non-hydrogen) atoms. The standard InChI is InChI=1S/C26H32N4O3/c1-29-15-23-25(28-26(30(23)16-24(29)31)18-7-11-33-12-8-18)20-4-2-3-19-13-22(27-14-21(19)20)17-5-9-32-10-6-17/h2-4,13-14,17-18,24,31H,5-12,15-16H2,1H3. The normalized spacial score (nSPS) is 23.2. The summed E-state index contributed by atoms with van der Waals surface area (Å²) >= 11 is 0.